The second-order valence-electron chi connectivity index (χ2n) is 4.18. The Bertz CT molecular complexity index is 370. The molecule has 1 heterocycles. The lowest BCUT2D eigenvalue weighted by Crippen LogP contribution is -2.33. The quantitative estimate of drug-likeness (QED) is 0.671. The number of nitrogens with zero attached hydrogens (tertiary/aromatic N) is 2. The van der Waals surface area contributed by atoms with Crippen LogP contribution in [0.25, 0.3) is 0 Å². The molecule has 0 spiro atoms. The highest BCUT2D eigenvalue weighted by molar-refractivity contribution is 5.77. The van der Waals surface area contributed by atoms with Crippen LogP contribution in [0.5, 0.6) is 0 Å². The number of hydrogen-bond donors (Lipinski definition) is 0. The normalized spacial score (nSPS) is 12.2. The highest BCUT2D eigenvalue weighted by Gasteiger charge is 2.17. The van der Waals surface area contributed by atoms with E-state index in [1.807, 2.05) is 32.0 Å². The van der Waals surface area contributed by atoms with Crippen molar-refractivity contribution in [2.24, 2.45) is 0 Å². The molecule has 0 saturated heterocycles. The van der Waals surface area contributed by atoms with Gasteiger partial charge in [-0.3, -0.25) is 9.78 Å². The molecule has 0 aromatic carbocycles. The van der Waals surface area contributed by atoms with Gasteiger partial charge in [0.1, 0.15) is 6.61 Å². The highest BCUT2D eigenvalue weighted by Crippen LogP contribution is 2.15. The van der Waals surface area contributed by atoms with E-state index >= 15 is 0 Å². The van der Waals surface area contributed by atoms with Crippen LogP contribution in [-0.4, -0.2) is 49.3 Å². The van der Waals surface area contributed by atoms with Gasteiger partial charge in [0.15, 0.2) is 0 Å². The topological polar surface area (TPSA) is 51.7 Å². The van der Waals surface area contributed by atoms with Crippen LogP contribution in [-0.2, 0) is 14.3 Å². The molecule has 0 fully saturated rings. The van der Waals surface area contributed by atoms with E-state index in [-0.39, 0.29) is 18.6 Å². The van der Waals surface area contributed by atoms with Gasteiger partial charge in [-0.15, -0.1) is 0 Å². The first kappa shape index (κ1) is 15.6. The molecule has 0 aliphatic heterocycles. The summed E-state index contributed by atoms with van der Waals surface area (Å²) in [7, 11) is 1.76. The minimum atomic E-state index is -0.0656. The molecular formula is C14H22N2O3. The summed E-state index contributed by atoms with van der Waals surface area (Å²) in [6.45, 7) is 5.55. The largest absolute Gasteiger partial charge is 0.379 e. The Morgan fingerprint density at radius 1 is 1.37 bits per heavy atom. The van der Waals surface area contributed by atoms with Crippen LogP contribution in [0.1, 0.15) is 25.6 Å². The van der Waals surface area contributed by atoms with Crippen molar-refractivity contribution < 1.29 is 14.3 Å². The van der Waals surface area contributed by atoms with Crippen LogP contribution in [0.2, 0.25) is 0 Å². The molecule has 0 aliphatic rings. The summed E-state index contributed by atoms with van der Waals surface area (Å²) >= 11 is 0. The van der Waals surface area contributed by atoms with Crippen molar-refractivity contribution >= 4 is 5.91 Å². The number of ether oxygens (including phenoxy) is 2. The van der Waals surface area contributed by atoms with Crippen LogP contribution in [0, 0.1) is 0 Å². The van der Waals surface area contributed by atoms with Crippen LogP contribution in [0.3, 0.4) is 0 Å². The zero-order chi connectivity index (χ0) is 14.1. The van der Waals surface area contributed by atoms with Gasteiger partial charge in [-0.05, 0) is 26.0 Å². The van der Waals surface area contributed by atoms with Gasteiger partial charge in [0.05, 0.1) is 24.9 Å². The molecule has 106 valence electrons. The van der Waals surface area contributed by atoms with Gasteiger partial charge < -0.3 is 14.4 Å². The lowest BCUT2D eigenvalue weighted by molar-refractivity contribution is -0.137. The number of pyridine rings is 1. The molecule has 0 aliphatic carbocycles. The van der Waals surface area contributed by atoms with Crippen molar-refractivity contribution in [1.29, 1.82) is 0 Å². The number of aromatic nitrogens is 1. The van der Waals surface area contributed by atoms with Gasteiger partial charge >= 0.3 is 0 Å². The van der Waals surface area contributed by atoms with Crippen LogP contribution in [0.4, 0.5) is 0 Å². The third kappa shape index (κ3) is 5.36. The molecule has 1 atom stereocenters. The Kier molecular flexibility index (Phi) is 7.07. The zero-order valence-electron chi connectivity index (χ0n) is 11.8. The number of carbonyl (C=O) groups excluding carboxylic acids is 1. The summed E-state index contributed by atoms with van der Waals surface area (Å²) in [5.74, 6) is -0.0605. The molecule has 1 amide bonds. The van der Waals surface area contributed by atoms with Crippen molar-refractivity contribution in [2.75, 3.05) is 33.5 Å². The monoisotopic (exact) mass is 266 g/mol. The zero-order valence-corrected chi connectivity index (χ0v) is 11.8. The summed E-state index contributed by atoms with van der Waals surface area (Å²) in [5, 5.41) is 0. The Morgan fingerprint density at radius 3 is 2.74 bits per heavy atom. The second-order valence-corrected chi connectivity index (χ2v) is 4.18. The van der Waals surface area contributed by atoms with Gasteiger partial charge in [0.2, 0.25) is 5.91 Å². The highest BCUT2D eigenvalue weighted by atomic mass is 16.5. The third-order valence-electron chi connectivity index (χ3n) is 2.89. The van der Waals surface area contributed by atoms with Crippen LogP contribution >= 0.6 is 0 Å². The first-order chi connectivity index (χ1) is 9.16. The molecule has 1 aromatic heterocycles. The van der Waals surface area contributed by atoms with Crippen LogP contribution in [0.15, 0.2) is 24.4 Å². The fourth-order valence-electron chi connectivity index (χ4n) is 1.56. The number of carbonyl (C=O) groups is 1. The van der Waals surface area contributed by atoms with Crippen molar-refractivity contribution in [3.63, 3.8) is 0 Å². The second kappa shape index (κ2) is 8.61. The molecule has 0 radical (unpaired) electrons. The minimum Gasteiger partial charge on any atom is -0.379 e. The average molecular weight is 266 g/mol. The van der Waals surface area contributed by atoms with Crippen molar-refractivity contribution in [3.8, 4) is 0 Å². The van der Waals surface area contributed by atoms with Gasteiger partial charge in [0.25, 0.3) is 0 Å². The Labute approximate surface area is 114 Å². The summed E-state index contributed by atoms with van der Waals surface area (Å²) in [5.41, 5.74) is 0.868. The third-order valence-corrected chi connectivity index (χ3v) is 2.89. The van der Waals surface area contributed by atoms with Crippen LogP contribution < -0.4 is 0 Å². The van der Waals surface area contributed by atoms with Crippen molar-refractivity contribution in [3.05, 3.63) is 30.1 Å². The van der Waals surface area contributed by atoms with E-state index in [1.165, 1.54) is 0 Å². The van der Waals surface area contributed by atoms with E-state index in [0.717, 1.165) is 5.69 Å². The van der Waals surface area contributed by atoms with E-state index in [0.29, 0.717) is 19.8 Å². The number of amides is 1. The fraction of sp³-hybridized carbons (Fsp3) is 0.571. The molecule has 1 aromatic rings. The Hall–Kier alpha value is -1.46. The van der Waals surface area contributed by atoms with E-state index < -0.39 is 0 Å². The molecule has 1 rings (SSSR count). The lowest BCUT2D eigenvalue weighted by atomic mass is 10.2. The first-order valence-electron chi connectivity index (χ1n) is 6.49. The molecule has 5 nitrogen and oxygen atoms in total. The first-order valence-corrected chi connectivity index (χ1v) is 6.49. The summed E-state index contributed by atoms with van der Waals surface area (Å²) < 4.78 is 10.4. The van der Waals surface area contributed by atoms with Crippen molar-refractivity contribution in [2.45, 2.75) is 19.9 Å². The Morgan fingerprint density at radius 2 is 2.11 bits per heavy atom. The van der Waals surface area contributed by atoms with Gasteiger partial charge in [-0.1, -0.05) is 6.07 Å². The van der Waals surface area contributed by atoms with Gasteiger partial charge in [-0.2, -0.15) is 0 Å². The maximum absolute atomic E-state index is 11.9. The summed E-state index contributed by atoms with van der Waals surface area (Å²) in [6.07, 6.45) is 1.72. The lowest BCUT2D eigenvalue weighted by Gasteiger charge is -2.24. The van der Waals surface area contributed by atoms with Gasteiger partial charge in [0, 0.05) is 19.9 Å². The Balaban J connectivity index is 2.35. The fourth-order valence-corrected chi connectivity index (χ4v) is 1.56. The number of likely N-dealkylation sites (N-methyl/N-ethyl adjacent to an activating group) is 1. The standard InChI is InChI=1S/C14H22N2O3/c1-4-18-9-10-19-11-14(17)16(3)12(2)13-7-5-6-8-15-13/h5-8,12H,4,9-11H2,1-3H3/t12-/m0/s1. The molecular weight excluding hydrogens is 244 g/mol. The summed E-state index contributed by atoms with van der Waals surface area (Å²) in [6, 6.07) is 5.61. The maximum Gasteiger partial charge on any atom is 0.248 e. The molecule has 0 N–H and O–H groups in total. The molecule has 0 unspecified atom stereocenters. The predicted octanol–water partition coefficient (Wildman–Crippen LogP) is 1.65. The SMILES string of the molecule is CCOCCOCC(=O)N(C)[C@@H](C)c1ccccn1. The van der Waals surface area contributed by atoms with E-state index in [4.69, 9.17) is 9.47 Å². The predicted molar refractivity (Wildman–Crippen MR) is 72.7 cm³/mol. The van der Waals surface area contributed by atoms with E-state index in [9.17, 15) is 4.79 Å². The smallest absolute Gasteiger partial charge is 0.248 e. The van der Waals surface area contributed by atoms with E-state index in [2.05, 4.69) is 4.98 Å². The van der Waals surface area contributed by atoms with Crippen molar-refractivity contribution in [1.82, 2.24) is 9.88 Å². The summed E-state index contributed by atoms with van der Waals surface area (Å²) in [4.78, 5) is 17.8. The molecule has 19 heavy (non-hydrogen) atoms. The molecule has 0 saturated carbocycles. The van der Waals surface area contributed by atoms with E-state index in [1.54, 1.807) is 18.1 Å². The average Bonchev–Trinajstić information content (AvgIpc) is 2.46. The molecule has 0 bridgehead atoms. The maximum atomic E-state index is 11.9. The van der Waals surface area contributed by atoms with Gasteiger partial charge in [-0.25, -0.2) is 0 Å². The minimum absolute atomic E-state index is 0.0605. The number of hydrogen-bond acceptors (Lipinski definition) is 4. The number of rotatable bonds is 8. The molecule has 5 heteroatoms.